The van der Waals surface area contributed by atoms with Gasteiger partial charge >= 0.3 is 6.18 Å². The maximum absolute atomic E-state index is 12.3. The smallest absolute Gasteiger partial charge is 0.396 e. The van der Waals surface area contributed by atoms with Gasteiger partial charge in [-0.3, -0.25) is 9.78 Å². The van der Waals surface area contributed by atoms with E-state index >= 15 is 0 Å². The van der Waals surface area contributed by atoms with Crippen LogP contribution in [0.4, 0.5) is 13.2 Å². The lowest BCUT2D eigenvalue weighted by Crippen LogP contribution is -2.35. The van der Waals surface area contributed by atoms with E-state index in [4.69, 9.17) is 5.11 Å². The summed E-state index contributed by atoms with van der Waals surface area (Å²) in [5.41, 5.74) is -0.976. The summed E-state index contributed by atoms with van der Waals surface area (Å²) >= 11 is 0. The number of aliphatic hydroxyl groups excluding tert-OH is 1. The van der Waals surface area contributed by atoms with E-state index < -0.39 is 17.6 Å². The highest BCUT2D eigenvalue weighted by molar-refractivity contribution is 5.92. The van der Waals surface area contributed by atoms with Crippen molar-refractivity contribution in [3.63, 3.8) is 0 Å². The molecule has 0 aliphatic carbocycles. The molecular formula is C12H15F3N2O2. The van der Waals surface area contributed by atoms with Crippen molar-refractivity contribution in [3.05, 3.63) is 29.6 Å². The van der Waals surface area contributed by atoms with Crippen molar-refractivity contribution in [1.29, 1.82) is 0 Å². The number of carbonyl (C=O) groups is 1. The Kier molecular flexibility index (Phi) is 5.29. The van der Waals surface area contributed by atoms with Crippen LogP contribution in [-0.2, 0) is 6.18 Å². The second-order valence-electron chi connectivity index (χ2n) is 4.02. The summed E-state index contributed by atoms with van der Waals surface area (Å²) in [5.74, 6) is -0.547. The number of halogens is 3. The fourth-order valence-electron chi connectivity index (χ4n) is 1.49. The van der Waals surface area contributed by atoms with Crippen LogP contribution in [0.15, 0.2) is 18.3 Å². The Morgan fingerprint density at radius 3 is 2.58 bits per heavy atom. The van der Waals surface area contributed by atoms with Gasteiger partial charge in [0, 0.05) is 18.8 Å². The van der Waals surface area contributed by atoms with Crippen LogP contribution in [0.3, 0.4) is 0 Å². The molecule has 1 unspecified atom stereocenters. The van der Waals surface area contributed by atoms with Crippen LogP contribution in [0.2, 0.25) is 0 Å². The molecule has 19 heavy (non-hydrogen) atoms. The van der Waals surface area contributed by atoms with Crippen molar-refractivity contribution in [2.75, 3.05) is 6.61 Å². The first-order chi connectivity index (χ1) is 8.88. The van der Waals surface area contributed by atoms with E-state index in [-0.39, 0.29) is 18.3 Å². The Labute approximate surface area is 108 Å². The topological polar surface area (TPSA) is 62.2 Å². The minimum Gasteiger partial charge on any atom is -0.396 e. The lowest BCUT2D eigenvalue weighted by Gasteiger charge is -2.15. The Morgan fingerprint density at radius 2 is 2.16 bits per heavy atom. The quantitative estimate of drug-likeness (QED) is 0.864. The maximum atomic E-state index is 12.3. The molecule has 1 rings (SSSR count). The summed E-state index contributed by atoms with van der Waals surface area (Å²) in [4.78, 5) is 15.2. The Bertz CT molecular complexity index is 418. The fourth-order valence-corrected chi connectivity index (χ4v) is 1.49. The van der Waals surface area contributed by atoms with E-state index in [9.17, 15) is 18.0 Å². The number of hydrogen-bond acceptors (Lipinski definition) is 3. The third kappa shape index (κ3) is 4.51. The molecule has 0 aliphatic rings. The maximum Gasteiger partial charge on any atom is 0.417 e. The highest BCUT2D eigenvalue weighted by Gasteiger charge is 2.30. The lowest BCUT2D eigenvalue weighted by molar-refractivity contribution is -0.137. The third-order valence-electron chi connectivity index (χ3n) is 2.63. The summed E-state index contributed by atoms with van der Waals surface area (Å²) in [6, 6.07) is 1.63. The number of amides is 1. The molecule has 0 saturated carbocycles. The average molecular weight is 276 g/mol. The first kappa shape index (κ1) is 15.4. The molecule has 1 aromatic heterocycles. The monoisotopic (exact) mass is 276 g/mol. The Hall–Kier alpha value is -1.63. The van der Waals surface area contributed by atoms with Gasteiger partial charge in [0.2, 0.25) is 0 Å². The number of hydrogen-bond donors (Lipinski definition) is 2. The number of carbonyl (C=O) groups excluding carboxylic acids is 1. The predicted octanol–water partition coefficient (Wildman–Crippen LogP) is 1.99. The number of aromatic nitrogens is 1. The van der Waals surface area contributed by atoms with Gasteiger partial charge in [0.25, 0.3) is 5.91 Å². The molecule has 0 spiro atoms. The second kappa shape index (κ2) is 6.51. The first-order valence-corrected chi connectivity index (χ1v) is 5.83. The van der Waals surface area contributed by atoms with Crippen molar-refractivity contribution in [2.24, 2.45) is 0 Å². The van der Waals surface area contributed by atoms with Crippen molar-refractivity contribution in [2.45, 2.75) is 32.0 Å². The van der Waals surface area contributed by atoms with Crippen LogP contribution in [0.1, 0.15) is 35.8 Å². The van der Waals surface area contributed by atoms with Crippen LogP contribution < -0.4 is 5.32 Å². The van der Waals surface area contributed by atoms with Crippen molar-refractivity contribution in [1.82, 2.24) is 10.3 Å². The van der Waals surface area contributed by atoms with Crippen LogP contribution in [0, 0.1) is 0 Å². The number of alkyl halides is 3. The molecule has 0 aromatic carbocycles. The minimum atomic E-state index is -4.47. The van der Waals surface area contributed by atoms with Gasteiger partial charge in [-0.15, -0.1) is 0 Å². The van der Waals surface area contributed by atoms with E-state index in [0.717, 1.165) is 12.1 Å². The van der Waals surface area contributed by atoms with Gasteiger partial charge < -0.3 is 10.4 Å². The van der Waals surface area contributed by atoms with Gasteiger partial charge in [0.05, 0.1) is 5.56 Å². The summed E-state index contributed by atoms with van der Waals surface area (Å²) in [7, 11) is 0. The lowest BCUT2D eigenvalue weighted by atomic mass is 10.1. The minimum absolute atomic E-state index is 0.0702. The first-order valence-electron chi connectivity index (χ1n) is 5.83. The molecule has 1 aromatic rings. The van der Waals surface area contributed by atoms with E-state index in [0.29, 0.717) is 19.0 Å². The van der Waals surface area contributed by atoms with Gasteiger partial charge in [-0.2, -0.15) is 13.2 Å². The number of aliphatic hydroxyl groups is 1. The van der Waals surface area contributed by atoms with Gasteiger partial charge in [-0.1, -0.05) is 6.92 Å². The van der Waals surface area contributed by atoms with Crippen molar-refractivity contribution in [3.8, 4) is 0 Å². The normalized spacial score (nSPS) is 13.1. The molecule has 1 heterocycles. The van der Waals surface area contributed by atoms with Crippen molar-refractivity contribution < 1.29 is 23.1 Å². The summed E-state index contributed by atoms with van der Waals surface area (Å²) in [6.07, 6.45) is -2.83. The van der Waals surface area contributed by atoms with Crippen LogP contribution >= 0.6 is 0 Å². The molecule has 0 fully saturated rings. The van der Waals surface area contributed by atoms with Crippen LogP contribution in [-0.4, -0.2) is 28.6 Å². The van der Waals surface area contributed by atoms with E-state index in [2.05, 4.69) is 10.3 Å². The van der Waals surface area contributed by atoms with E-state index in [1.54, 1.807) is 0 Å². The molecule has 2 N–H and O–H groups in total. The van der Waals surface area contributed by atoms with Crippen LogP contribution in [0.5, 0.6) is 0 Å². The van der Waals surface area contributed by atoms with Gasteiger partial charge in [0.1, 0.15) is 5.69 Å². The zero-order valence-electron chi connectivity index (χ0n) is 10.4. The highest BCUT2D eigenvalue weighted by atomic mass is 19.4. The van der Waals surface area contributed by atoms with E-state index in [1.807, 2.05) is 6.92 Å². The molecule has 1 amide bonds. The summed E-state index contributed by atoms with van der Waals surface area (Å²) in [5, 5.41) is 11.4. The van der Waals surface area contributed by atoms with Crippen LogP contribution in [0.25, 0.3) is 0 Å². The second-order valence-corrected chi connectivity index (χ2v) is 4.02. The standard InChI is InChI=1S/C12H15F3N2O2/c1-2-9(5-6-18)17-11(19)10-4-3-8(7-16-10)12(13,14)15/h3-4,7,9,18H,2,5-6H2,1H3,(H,17,19). The van der Waals surface area contributed by atoms with E-state index in [1.165, 1.54) is 0 Å². The zero-order chi connectivity index (χ0) is 14.5. The molecule has 106 valence electrons. The van der Waals surface area contributed by atoms with Gasteiger partial charge in [0.15, 0.2) is 0 Å². The summed E-state index contributed by atoms with van der Waals surface area (Å²) < 4.78 is 37.0. The fraction of sp³-hybridized carbons (Fsp3) is 0.500. The Balaban J connectivity index is 2.73. The predicted molar refractivity (Wildman–Crippen MR) is 62.5 cm³/mol. The molecule has 0 aliphatic heterocycles. The molecule has 0 bridgehead atoms. The molecule has 7 heteroatoms. The molecule has 0 radical (unpaired) electrons. The molecular weight excluding hydrogens is 261 g/mol. The SMILES string of the molecule is CCC(CCO)NC(=O)c1ccc(C(F)(F)F)cn1. The largest absolute Gasteiger partial charge is 0.417 e. The number of nitrogens with zero attached hydrogens (tertiary/aromatic N) is 1. The molecule has 4 nitrogen and oxygen atoms in total. The molecule has 1 atom stereocenters. The third-order valence-corrected chi connectivity index (χ3v) is 2.63. The number of nitrogens with one attached hydrogen (secondary N) is 1. The molecule has 0 saturated heterocycles. The number of rotatable bonds is 5. The number of pyridine rings is 1. The van der Waals surface area contributed by atoms with Gasteiger partial charge in [-0.25, -0.2) is 0 Å². The van der Waals surface area contributed by atoms with Crippen molar-refractivity contribution >= 4 is 5.91 Å². The Morgan fingerprint density at radius 1 is 1.47 bits per heavy atom. The average Bonchev–Trinajstić information content (AvgIpc) is 2.37. The zero-order valence-corrected chi connectivity index (χ0v) is 10.4. The van der Waals surface area contributed by atoms with Gasteiger partial charge in [-0.05, 0) is 25.0 Å². The highest BCUT2D eigenvalue weighted by Crippen LogP contribution is 2.28. The summed E-state index contributed by atoms with van der Waals surface area (Å²) in [6.45, 7) is 1.76.